The number of piperidine rings is 1. The Bertz CT molecular complexity index is 1080. The average molecular weight is 509 g/mol. The van der Waals surface area contributed by atoms with Gasteiger partial charge in [0.25, 0.3) is 5.91 Å². The Morgan fingerprint density at radius 1 is 1.00 bits per heavy atom. The number of amides is 1. The number of fused-ring (bicyclic) bond motifs is 1. The van der Waals surface area contributed by atoms with Crippen molar-refractivity contribution >= 4 is 28.3 Å². The number of hydrogen-bond donors (Lipinski definition) is 0. The van der Waals surface area contributed by atoms with Gasteiger partial charge in [0.05, 0.1) is 15.9 Å². The number of benzene rings is 1. The summed E-state index contributed by atoms with van der Waals surface area (Å²) in [6.07, 6.45) is 7.17. The minimum atomic E-state index is 0.150. The molecule has 4 rings (SSSR count). The van der Waals surface area contributed by atoms with Crippen molar-refractivity contribution in [3.8, 4) is 10.7 Å². The maximum absolute atomic E-state index is 13.7. The van der Waals surface area contributed by atoms with Gasteiger partial charge < -0.3 is 14.4 Å². The minimum absolute atomic E-state index is 0.150. The van der Waals surface area contributed by atoms with Crippen LogP contribution in [0.2, 0.25) is 0 Å². The highest BCUT2D eigenvalue weighted by Crippen LogP contribution is 2.29. The monoisotopic (exact) mass is 508 g/mol. The lowest BCUT2D eigenvalue weighted by Crippen LogP contribution is -2.34. The molecule has 6 heteroatoms. The Morgan fingerprint density at radius 2 is 1.72 bits per heavy atom. The highest BCUT2D eigenvalue weighted by Gasteiger charge is 2.20. The normalized spacial score (nSPS) is 14.8. The number of carbonyl (C=O) groups excluding carboxylic acids is 1. The van der Waals surface area contributed by atoms with E-state index in [4.69, 9.17) is 4.98 Å². The molecule has 1 fully saturated rings. The predicted octanol–water partition coefficient (Wildman–Crippen LogP) is 7.18. The summed E-state index contributed by atoms with van der Waals surface area (Å²) in [5, 5.41) is 2.11. The molecule has 196 valence electrons. The van der Waals surface area contributed by atoms with Gasteiger partial charge in [-0.1, -0.05) is 40.2 Å². The minimum Gasteiger partial charge on any atom is -0.339 e. The number of carbonyl (C=O) groups is 1. The first-order valence-corrected chi connectivity index (χ1v) is 14.9. The molecule has 1 amide bonds. The van der Waals surface area contributed by atoms with Gasteiger partial charge in [0.1, 0.15) is 0 Å². The number of aromatic nitrogens is 2. The molecule has 0 bridgehead atoms. The van der Waals surface area contributed by atoms with Crippen molar-refractivity contribution in [1.29, 1.82) is 0 Å². The van der Waals surface area contributed by atoms with Crippen LogP contribution in [0.5, 0.6) is 0 Å². The molecular formula is C30H44N4OS. The first kappa shape index (κ1) is 26.9. The molecule has 5 nitrogen and oxygen atoms in total. The molecule has 2 aromatic heterocycles. The summed E-state index contributed by atoms with van der Waals surface area (Å²) in [5.41, 5.74) is 2.84. The summed E-state index contributed by atoms with van der Waals surface area (Å²) in [6.45, 7) is 15.0. The summed E-state index contributed by atoms with van der Waals surface area (Å²) < 4.78 is 2.36. The molecular weight excluding hydrogens is 464 g/mol. The summed E-state index contributed by atoms with van der Waals surface area (Å²) in [7, 11) is 0. The second-order valence-corrected chi connectivity index (χ2v) is 12.1. The molecule has 0 saturated carbocycles. The third-order valence-electron chi connectivity index (χ3n) is 7.28. The summed E-state index contributed by atoms with van der Waals surface area (Å²) in [4.78, 5) is 24.5. The number of likely N-dealkylation sites (tertiary alicyclic amines) is 1. The molecule has 0 N–H and O–H groups in total. The molecule has 0 spiro atoms. The van der Waals surface area contributed by atoms with Crippen LogP contribution in [0.15, 0.2) is 35.7 Å². The van der Waals surface area contributed by atoms with Crippen LogP contribution in [0.25, 0.3) is 21.7 Å². The fraction of sp³-hybridized carbons (Fsp3) is 0.600. The largest absolute Gasteiger partial charge is 0.339 e. The SMILES string of the molecule is CC(C)CCN(CCC(C)C)C(=O)c1ccc2nc(-c3cccs3)n(CCCN3CCCCC3)c2c1. The van der Waals surface area contributed by atoms with Crippen molar-refractivity contribution in [3.63, 3.8) is 0 Å². The molecule has 0 atom stereocenters. The smallest absolute Gasteiger partial charge is 0.253 e. The number of aryl methyl sites for hydroxylation is 1. The maximum atomic E-state index is 13.7. The van der Waals surface area contributed by atoms with E-state index in [9.17, 15) is 4.79 Å². The van der Waals surface area contributed by atoms with E-state index in [1.807, 2.05) is 12.1 Å². The van der Waals surface area contributed by atoms with E-state index in [0.29, 0.717) is 11.8 Å². The van der Waals surface area contributed by atoms with Gasteiger partial charge in [-0.25, -0.2) is 4.98 Å². The van der Waals surface area contributed by atoms with Crippen molar-refractivity contribution in [1.82, 2.24) is 19.4 Å². The van der Waals surface area contributed by atoms with Gasteiger partial charge in [-0.05, 0) is 93.2 Å². The van der Waals surface area contributed by atoms with E-state index in [2.05, 4.69) is 65.6 Å². The number of imidazole rings is 1. The molecule has 1 aromatic carbocycles. The van der Waals surface area contributed by atoms with Crippen LogP contribution in [0, 0.1) is 11.8 Å². The molecule has 3 aromatic rings. The predicted molar refractivity (Wildman–Crippen MR) is 153 cm³/mol. The molecule has 0 unspecified atom stereocenters. The number of thiophene rings is 1. The number of nitrogens with zero attached hydrogens (tertiary/aromatic N) is 4. The van der Waals surface area contributed by atoms with E-state index in [1.165, 1.54) is 37.2 Å². The zero-order chi connectivity index (χ0) is 25.5. The topological polar surface area (TPSA) is 41.4 Å². The van der Waals surface area contributed by atoms with Crippen molar-refractivity contribution in [2.75, 3.05) is 32.7 Å². The molecule has 0 radical (unpaired) electrons. The van der Waals surface area contributed by atoms with Crippen LogP contribution in [-0.2, 0) is 6.54 Å². The molecule has 36 heavy (non-hydrogen) atoms. The first-order chi connectivity index (χ1) is 17.4. The van der Waals surface area contributed by atoms with Gasteiger partial charge in [-0.3, -0.25) is 4.79 Å². The van der Waals surface area contributed by atoms with Gasteiger partial charge in [-0.15, -0.1) is 11.3 Å². The molecule has 1 aliphatic rings. The Labute approximate surface area is 221 Å². The van der Waals surface area contributed by atoms with Crippen molar-refractivity contribution in [2.45, 2.75) is 72.8 Å². The summed E-state index contributed by atoms with van der Waals surface area (Å²) in [5.74, 6) is 2.34. The fourth-order valence-electron chi connectivity index (χ4n) is 5.04. The van der Waals surface area contributed by atoms with Gasteiger partial charge in [0, 0.05) is 25.2 Å². The van der Waals surface area contributed by atoms with Gasteiger partial charge in [0.2, 0.25) is 0 Å². The third-order valence-corrected chi connectivity index (χ3v) is 8.15. The highest BCUT2D eigenvalue weighted by atomic mass is 32.1. The van der Waals surface area contributed by atoms with Crippen LogP contribution >= 0.6 is 11.3 Å². The lowest BCUT2D eigenvalue weighted by Gasteiger charge is -2.26. The zero-order valence-corrected chi connectivity index (χ0v) is 23.5. The van der Waals surface area contributed by atoms with Crippen LogP contribution < -0.4 is 0 Å². The number of rotatable bonds is 12. The lowest BCUT2D eigenvalue weighted by atomic mass is 10.1. The van der Waals surface area contributed by atoms with E-state index in [0.717, 1.165) is 67.9 Å². The van der Waals surface area contributed by atoms with Gasteiger partial charge >= 0.3 is 0 Å². The highest BCUT2D eigenvalue weighted by molar-refractivity contribution is 7.13. The van der Waals surface area contributed by atoms with E-state index in [1.54, 1.807) is 11.3 Å². The Balaban J connectivity index is 1.60. The van der Waals surface area contributed by atoms with E-state index in [-0.39, 0.29) is 5.91 Å². The van der Waals surface area contributed by atoms with Crippen LogP contribution in [0.1, 0.15) is 76.6 Å². The van der Waals surface area contributed by atoms with Crippen LogP contribution in [0.4, 0.5) is 0 Å². The van der Waals surface area contributed by atoms with E-state index >= 15 is 0 Å². The van der Waals surface area contributed by atoms with E-state index < -0.39 is 0 Å². The standard InChI is InChI=1S/C30H44N4OS/c1-23(2)13-19-33(20-14-24(3)4)30(35)25-11-12-26-27(22-25)34(29(31-26)28-10-8-21-36-28)18-9-17-32-15-6-5-7-16-32/h8,10-12,21-24H,5-7,9,13-20H2,1-4H3. The lowest BCUT2D eigenvalue weighted by molar-refractivity contribution is 0.0741. The van der Waals surface area contributed by atoms with Crippen LogP contribution in [0.3, 0.4) is 0 Å². The Kier molecular flexibility index (Phi) is 9.60. The third kappa shape index (κ3) is 6.98. The quantitative estimate of drug-likeness (QED) is 0.260. The first-order valence-electron chi connectivity index (χ1n) is 14.0. The Morgan fingerprint density at radius 3 is 2.36 bits per heavy atom. The van der Waals surface area contributed by atoms with Gasteiger partial charge in [0.15, 0.2) is 5.82 Å². The average Bonchev–Trinajstić information content (AvgIpc) is 3.52. The molecule has 3 heterocycles. The van der Waals surface area contributed by atoms with Crippen molar-refractivity contribution < 1.29 is 4.79 Å². The number of hydrogen-bond acceptors (Lipinski definition) is 4. The summed E-state index contributed by atoms with van der Waals surface area (Å²) >= 11 is 1.73. The van der Waals surface area contributed by atoms with Crippen LogP contribution in [-0.4, -0.2) is 58.0 Å². The second kappa shape index (κ2) is 12.9. The fourth-order valence-corrected chi connectivity index (χ4v) is 5.76. The van der Waals surface area contributed by atoms with Crippen molar-refractivity contribution in [3.05, 3.63) is 41.3 Å². The second-order valence-electron chi connectivity index (χ2n) is 11.2. The van der Waals surface area contributed by atoms with Gasteiger partial charge in [-0.2, -0.15) is 0 Å². The Hall–Kier alpha value is -2.18. The maximum Gasteiger partial charge on any atom is 0.253 e. The zero-order valence-electron chi connectivity index (χ0n) is 22.7. The molecule has 1 aliphatic heterocycles. The summed E-state index contributed by atoms with van der Waals surface area (Å²) in [6, 6.07) is 10.4. The van der Waals surface area contributed by atoms with Crippen molar-refractivity contribution in [2.24, 2.45) is 11.8 Å². The molecule has 1 saturated heterocycles. The molecule has 0 aliphatic carbocycles.